The van der Waals surface area contributed by atoms with Crippen molar-refractivity contribution in [3.8, 4) is 24.2 Å². The molecule has 0 aromatic rings. The Hall–Kier alpha value is -1.04. The van der Waals surface area contributed by atoms with E-state index in [1.54, 1.807) is 14.2 Å². The predicted octanol–water partition coefficient (Wildman–Crippen LogP) is 6.07. The maximum atomic E-state index is 6.78. The van der Waals surface area contributed by atoms with Crippen LogP contribution in [0.25, 0.3) is 0 Å². The summed E-state index contributed by atoms with van der Waals surface area (Å²) in [6.45, 7) is 23.0. The molecule has 0 aromatic carbocycles. The van der Waals surface area contributed by atoms with Crippen LogP contribution in [-0.4, -0.2) is 41.9 Å². The second kappa shape index (κ2) is 11.4. The quantitative estimate of drug-likeness (QED) is 0.231. The predicted molar refractivity (Wildman–Crippen MR) is 127 cm³/mol. The SMILES string of the molecule is C#CCC(CC#CC(O[Si](C)(C)C(C)(C)C)C(C)(C)CC(=C)C)(COC)COC. The third kappa shape index (κ3) is 9.10. The van der Waals surface area contributed by atoms with Crippen molar-refractivity contribution in [2.75, 3.05) is 27.4 Å². The second-order valence-electron chi connectivity index (χ2n) is 10.6. The standard InChI is InChI=1S/C25H44O3Si/c1-13-16-25(19-26-9,20-27-10)17-14-15-22(24(7,8)18-21(2)3)28-29(11,12)23(4,5)6/h1,22H,2,16-20H2,3-12H3. The van der Waals surface area contributed by atoms with Crippen molar-refractivity contribution in [2.24, 2.45) is 10.8 Å². The average Bonchev–Trinajstić information content (AvgIpc) is 2.52. The van der Waals surface area contributed by atoms with Gasteiger partial charge in [0.15, 0.2) is 8.32 Å². The van der Waals surface area contributed by atoms with E-state index in [2.05, 4.69) is 79.0 Å². The molecule has 1 atom stereocenters. The van der Waals surface area contributed by atoms with Crippen LogP contribution in [0.1, 0.15) is 60.8 Å². The van der Waals surface area contributed by atoms with E-state index >= 15 is 0 Å². The summed E-state index contributed by atoms with van der Waals surface area (Å²) in [5, 5.41) is 0.117. The number of rotatable bonds is 11. The molecule has 1 unspecified atom stereocenters. The Labute approximate surface area is 182 Å². The number of methoxy groups -OCH3 is 2. The normalized spacial score (nSPS) is 14.0. The van der Waals surface area contributed by atoms with Gasteiger partial charge in [-0.1, -0.05) is 52.0 Å². The van der Waals surface area contributed by atoms with Gasteiger partial charge in [-0.3, -0.25) is 0 Å². The molecule has 0 aromatic heterocycles. The molecule has 0 heterocycles. The zero-order valence-electron chi connectivity index (χ0n) is 20.6. The third-order valence-corrected chi connectivity index (χ3v) is 10.2. The molecule has 29 heavy (non-hydrogen) atoms. The molecule has 0 fully saturated rings. The van der Waals surface area contributed by atoms with Gasteiger partial charge in [0.2, 0.25) is 0 Å². The molecule has 4 heteroatoms. The van der Waals surface area contributed by atoms with E-state index in [9.17, 15) is 0 Å². The molecule has 0 saturated carbocycles. The minimum Gasteiger partial charge on any atom is -0.403 e. The smallest absolute Gasteiger partial charge is 0.193 e. The van der Waals surface area contributed by atoms with Crippen LogP contribution in [0.5, 0.6) is 0 Å². The first-order valence-electron chi connectivity index (χ1n) is 10.4. The number of hydrogen-bond acceptors (Lipinski definition) is 3. The lowest BCUT2D eigenvalue weighted by Crippen LogP contribution is -2.47. The van der Waals surface area contributed by atoms with Gasteiger partial charge in [0, 0.05) is 37.9 Å². The second-order valence-corrected chi connectivity index (χ2v) is 15.4. The van der Waals surface area contributed by atoms with Gasteiger partial charge in [0.05, 0.1) is 13.2 Å². The molecule has 0 aliphatic carbocycles. The Balaban J connectivity index is 5.90. The fourth-order valence-corrected chi connectivity index (χ4v) is 4.52. The van der Waals surface area contributed by atoms with Gasteiger partial charge in [-0.2, -0.15) is 0 Å². The Bertz CT molecular complexity index is 617. The summed E-state index contributed by atoms with van der Waals surface area (Å²) in [7, 11) is 1.39. The van der Waals surface area contributed by atoms with Crippen LogP contribution >= 0.6 is 0 Å². The van der Waals surface area contributed by atoms with Crippen molar-refractivity contribution < 1.29 is 13.9 Å². The molecule has 166 valence electrons. The van der Waals surface area contributed by atoms with Gasteiger partial charge in [0.25, 0.3) is 0 Å². The van der Waals surface area contributed by atoms with E-state index in [4.69, 9.17) is 20.3 Å². The van der Waals surface area contributed by atoms with Gasteiger partial charge in [0.1, 0.15) is 6.10 Å². The number of allylic oxidation sites excluding steroid dienone is 1. The lowest BCUT2D eigenvalue weighted by atomic mass is 9.80. The fraction of sp³-hybridized carbons (Fsp3) is 0.760. The molecule has 0 saturated heterocycles. The number of terminal acetylenes is 1. The Morgan fingerprint density at radius 3 is 1.93 bits per heavy atom. The summed E-state index contributed by atoms with van der Waals surface area (Å²) < 4.78 is 17.7. The molecule has 0 radical (unpaired) electrons. The molecule has 0 bridgehead atoms. The van der Waals surface area contributed by atoms with Crippen molar-refractivity contribution >= 4 is 8.32 Å². The summed E-state index contributed by atoms with van der Waals surface area (Å²) in [4.78, 5) is 0. The molecule has 0 aliphatic rings. The van der Waals surface area contributed by atoms with Crippen LogP contribution in [0.2, 0.25) is 18.1 Å². The van der Waals surface area contributed by atoms with E-state index in [1.807, 2.05) is 0 Å². The minimum atomic E-state index is -1.98. The highest BCUT2D eigenvalue weighted by Crippen LogP contribution is 2.41. The van der Waals surface area contributed by atoms with Gasteiger partial charge in [-0.25, -0.2) is 0 Å². The lowest BCUT2D eigenvalue weighted by molar-refractivity contribution is 0.0163. The summed E-state index contributed by atoms with van der Waals surface area (Å²) >= 11 is 0. The van der Waals surface area contributed by atoms with Crippen LogP contribution in [-0.2, 0) is 13.9 Å². The highest BCUT2D eigenvalue weighted by molar-refractivity contribution is 6.74. The first-order chi connectivity index (χ1) is 13.2. The zero-order valence-corrected chi connectivity index (χ0v) is 21.6. The van der Waals surface area contributed by atoms with E-state index in [0.717, 1.165) is 12.0 Å². The molecule has 0 spiro atoms. The van der Waals surface area contributed by atoms with Crippen LogP contribution in [0.15, 0.2) is 12.2 Å². The summed E-state index contributed by atoms with van der Waals surface area (Å²) in [6, 6.07) is 0. The maximum absolute atomic E-state index is 6.78. The minimum absolute atomic E-state index is 0.117. The van der Waals surface area contributed by atoms with E-state index in [0.29, 0.717) is 26.1 Å². The first-order valence-corrected chi connectivity index (χ1v) is 13.3. The Kier molecular flexibility index (Phi) is 11.0. The van der Waals surface area contributed by atoms with E-state index in [1.165, 1.54) is 0 Å². The van der Waals surface area contributed by atoms with Crippen LogP contribution in [0.3, 0.4) is 0 Å². The van der Waals surface area contributed by atoms with E-state index in [-0.39, 0.29) is 22.0 Å². The van der Waals surface area contributed by atoms with Crippen LogP contribution in [0.4, 0.5) is 0 Å². The highest BCUT2D eigenvalue weighted by atomic mass is 28.4. The van der Waals surface area contributed by atoms with Crippen molar-refractivity contribution in [2.45, 2.75) is 85.0 Å². The topological polar surface area (TPSA) is 27.7 Å². The molecule has 0 rings (SSSR count). The van der Waals surface area contributed by atoms with Gasteiger partial charge >= 0.3 is 0 Å². The average molecular weight is 421 g/mol. The summed E-state index contributed by atoms with van der Waals surface area (Å²) in [5.41, 5.74) is 0.706. The molecule has 3 nitrogen and oxygen atoms in total. The number of ether oxygens (including phenoxy) is 2. The zero-order chi connectivity index (χ0) is 22.9. The van der Waals surface area contributed by atoms with Gasteiger partial charge in [-0.05, 0) is 31.5 Å². The maximum Gasteiger partial charge on any atom is 0.193 e. The molecular weight excluding hydrogens is 376 g/mol. The largest absolute Gasteiger partial charge is 0.403 e. The molecule has 0 amide bonds. The monoisotopic (exact) mass is 420 g/mol. The van der Waals surface area contributed by atoms with Gasteiger partial charge in [-0.15, -0.1) is 18.9 Å². The molecule has 0 aliphatic heterocycles. The Morgan fingerprint density at radius 1 is 1.03 bits per heavy atom. The molecular formula is C25H44O3Si. The third-order valence-electron chi connectivity index (χ3n) is 5.76. The van der Waals surface area contributed by atoms with Crippen molar-refractivity contribution in [1.29, 1.82) is 0 Å². The summed E-state index contributed by atoms with van der Waals surface area (Å²) in [5.74, 6) is 9.63. The van der Waals surface area contributed by atoms with Gasteiger partial charge < -0.3 is 13.9 Å². The first kappa shape index (κ1) is 28.0. The lowest BCUT2D eigenvalue weighted by Gasteiger charge is -2.42. The molecule has 0 N–H and O–H groups in total. The number of hydrogen-bond donors (Lipinski definition) is 0. The van der Waals surface area contributed by atoms with E-state index < -0.39 is 8.32 Å². The fourth-order valence-electron chi connectivity index (χ4n) is 3.19. The van der Waals surface area contributed by atoms with Crippen LogP contribution in [0, 0.1) is 35.0 Å². The highest BCUT2D eigenvalue weighted by Gasteiger charge is 2.42. The summed E-state index contributed by atoms with van der Waals surface area (Å²) in [6.07, 6.45) is 7.49. The van der Waals surface area contributed by atoms with Crippen molar-refractivity contribution in [3.05, 3.63) is 12.2 Å². The van der Waals surface area contributed by atoms with Crippen molar-refractivity contribution in [3.63, 3.8) is 0 Å². The Morgan fingerprint density at radius 2 is 1.55 bits per heavy atom. The van der Waals surface area contributed by atoms with Crippen molar-refractivity contribution in [1.82, 2.24) is 0 Å². The van der Waals surface area contributed by atoms with Crippen LogP contribution < -0.4 is 0 Å².